The minimum atomic E-state index is 0.715. The molecule has 1 aliphatic rings. The molecule has 23 heavy (non-hydrogen) atoms. The van der Waals surface area contributed by atoms with Gasteiger partial charge in [0.05, 0.1) is 22.3 Å². The molecular formula is C18H15N3OS. The molecule has 0 atom stereocenters. The highest BCUT2D eigenvalue weighted by molar-refractivity contribution is 7.99. The molecule has 0 bridgehead atoms. The summed E-state index contributed by atoms with van der Waals surface area (Å²) in [5.41, 5.74) is 5.40. The molecular weight excluding hydrogens is 306 g/mol. The van der Waals surface area contributed by atoms with E-state index in [1.807, 2.05) is 30.0 Å². The quantitative estimate of drug-likeness (QED) is 0.369. The molecule has 0 saturated carbocycles. The second-order valence-corrected chi connectivity index (χ2v) is 5.87. The SMILES string of the molecule is O=NNc1ccccc1.c1ccc2c(c1)Nc1ccccc1S2. The summed E-state index contributed by atoms with van der Waals surface area (Å²) in [4.78, 5) is 12.2. The van der Waals surface area contributed by atoms with Gasteiger partial charge in [0.25, 0.3) is 0 Å². The normalized spacial score (nSPS) is 11.0. The fourth-order valence-corrected chi connectivity index (χ4v) is 3.13. The van der Waals surface area contributed by atoms with Gasteiger partial charge in [0.15, 0.2) is 0 Å². The van der Waals surface area contributed by atoms with Gasteiger partial charge in [-0.2, -0.15) is 0 Å². The number of nitroso groups, excluding NO2 is 1. The number of benzene rings is 3. The lowest BCUT2D eigenvalue weighted by molar-refractivity contribution is 1.32. The largest absolute Gasteiger partial charge is 0.354 e. The molecule has 0 aliphatic carbocycles. The molecule has 0 radical (unpaired) electrons. The molecule has 0 aromatic heterocycles. The molecule has 0 unspecified atom stereocenters. The summed E-state index contributed by atoms with van der Waals surface area (Å²) in [6.45, 7) is 0. The van der Waals surface area contributed by atoms with E-state index in [4.69, 9.17) is 0 Å². The summed E-state index contributed by atoms with van der Waals surface area (Å²) in [6.07, 6.45) is 0. The summed E-state index contributed by atoms with van der Waals surface area (Å²) < 4.78 is 0. The van der Waals surface area contributed by atoms with Crippen molar-refractivity contribution >= 4 is 28.8 Å². The molecule has 114 valence electrons. The molecule has 0 amide bonds. The third-order valence-electron chi connectivity index (χ3n) is 3.21. The Hall–Kier alpha value is -2.79. The van der Waals surface area contributed by atoms with Crippen molar-refractivity contribution in [2.75, 3.05) is 10.7 Å². The predicted molar refractivity (Wildman–Crippen MR) is 96.1 cm³/mol. The van der Waals surface area contributed by atoms with Crippen molar-refractivity contribution in [1.29, 1.82) is 0 Å². The highest BCUT2D eigenvalue weighted by atomic mass is 32.2. The van der Waals surface area contributed by atoms with Crippen molar-refractivity contribution < 1.29 is 0 Å². The topological polar surface area (TPSA) is 53.5 Å². The number of para-hydroxylation sites is 3. The van der Waals surface area contributed by atoms with Crippen LogP contribution in [-0.4, -0.2) is 0 Å². The van der Waals surface area contributed by atoms with Gasteiger partial charge in [-0.15, -0.1) is 4.91 Å². The fourth-order valence-electron chi connectivity index (χ4n) is 2.15. The van der Waals surface area contributed by atoms with Crippen molar-refractivity contribution in [3.05, 3.63) is 83.8 Å². The van der Waals surface area contributed by atoms with Gasteiger partial charge >= 0.3 is 0 Å². The Bertz CT molecular complexity index is 706. The molecule has 4 nitrogen and oxygen atoms in total. The van der Waals surface area contributed by atoms with E-state index in [9.17, 15) is 4.91 Å². The van der Waals surface area contributed by atoms with Gasteiger partial charge in [-0.05, 0) is 36.4 Å². The zero-order valence-electron chi connectivity index (χ0n) is 12.3. The maximum atomic E-state index is 9.61. The summed E-state index contributed by atoms with van der Waals surface area (Å²) in [5.74, 6) is 0. The van der Waals surface area contributed by atoms with Gasteiger partial charge in [-0.1, -0.05) is 54.2 Å². The monoisotopic (exact) mass is 321 g/mol. The van der Waals surface area contributed by atoms with E-state index in [2.05, 4.69) is 64.6 Å². The number of rotatable bonds is 2. The molecule has 1 aliphatic heterocycles. The number of hydrogen-bond donors (Lipinski definition) is 2. The van der Waals surface area contributed by atoms with E-state index < -0.39 is 0 Å². The van der Waals surface area contributed by atoms with Gasteiger partial charge in [-0.25, -0.2) is 5.43 Å². The zero-order valence-corrected chi connectivity index (χ0v) is 13.1. The van der Waals surface area contributed by atoms with Crippen LogP contribution >= 0.6 is 11.8 Å². The maximum absolute atomic E-state index is 9.61. The Morgan fingerprint density at radius 2 is 1.26 bits per heavy atom. The van der Waals surface area contributed by atoms with Crippen molar-refractivity contribution in [2.24, 2.45) is 5.29 Å². The van der Waals surface area contributed by atoms with Crippen molar-refractivity contribution in [3.8, 4) is 0 Å². The molecule has 1 heterocycles. The zero-order chi connectivity index (χ0) is 15.9. The van der Waals surface area contributed by atoms with E-state index in [1.54, 1.807) is 12.1 Å². The third kappa shape index (κ3) is 3.90. The Balaban J connectivity index is 0.000000151. The van der Waals surface area contributed by atoms with Crippen LogP contribution in [-0.2, 0) is 0 Å². The van der Waals surface area contributed by atoms with Crippen LogP contribution < -0.4 is 10.7 Å². The summed E-state index contributed by atoms with van der Waals surface area (Å²) in [6, 6.07) is 25.8. The first-order valence-corrected chi connectivity index (χ1v) is 7.95. The van der Waals surface area contributed by atoms with E-state index in [0.29, 0.717) is 5.69 Å². The third-order valence-corrected chi connectivity index (χ3v) is 4.36. The van der Waals surface area contributed by atoms with Crippen LogP contribution in [0.5, 0.6) is 0 Å². The van der Waals surface area contributed by atoms with Crippen LogP contribution in [0.15, 0.2) is 93.9 Å². The smallest absolute Gasteiger partial charge is 0.0594 e. The van der Waals surface area contributed by atoms with Crippen LogP contribution in [0.25, 0.3) is 0 Å². The Kier molecular flexibility index (Phi) is 4.91. The molecule has 3 aromatic carbocycles. The maximum Gasteiger partial charge on any atom is 0.0594 e. The highest BCUT2D eigenvalue weighted by Crippen LogP contribution is 2.43. The average Bonchev–Trinajstić information content (AvgIpc) is 2.62. The summed E-state index contributed by atoms with van der Waals surface area (Å²) in [7, 11) is 0. The first kappa shape index (κ1) is 15.1. The predicted octanol–water partition coefficient (Wildman–Crippen LogP) is 5.67. The molecule has 0 saturated heterocycles. The van der Waals surface area contributed by atoms with Crippen LogP contribution in [0.1, 0.15) is 0 Å². The van der Waals surface area contributed by atoms with Gasteiger partial charge in [-0.3, -0.25) is 0 Å². The van der Waals surface area contributed by atoms with Crippen LogP contribution in [0, 0.1) is 4.91 Å². The van der Waals surface area contributed by atoms with E-state index in [0.717, 1.165) is 0 Å². The Morgan fingerprint density at radius 3 is 1.83 bits per heavy atom. The number of fused-ring (bicyclic) bond motifs is 2. The Labute approximate surface area is 138 Å². The van der Waals surface area contributed by atoms with Crippen molar-refractivity contribution in [3.63, 3.8) is 0 Å². The first-order valence-electron chi connectivity index (χ1n) is 7.13. The molecule has 2 N–H and O–H groups in total. The molecule has 4 rings (SSSR count). The molecule has 0 spiro atoms. The van der Waals surface area contributed by atoms with Crippen LogP contribution in [0.4, 0.5) is 17.1 Å². The number of nitrogens with one attached hydrogen (secondary N) is 2. The first-order chi connectivity index (χ1) is 11.4. The van der Waals surface area contributed by atoms with E-state index in [-0.39, 0.29) is 0 Å². The lowest BCUT2D eigenvalue weighted by atomic mass is 10.2. The average molecular weight is 321 g/mol. The van der Waals surface area contributed by atoms with E-state index in [1.165, 1.54) is 21.2 Å². The minimum absolute atomic E-state index is 0.715. The number of nitrogens with zero attached hydrogens (tertiary/aromatic N) is 1. The number of hydrogen-bond acceptors (Lipinski definition) is 4. The number of anilines is 3. The summed E-state index contributed by atoms with van der Waals surface area (Å²) in [5, 5.41) is 5.93. The van der Waals surface area contributed by atoms with Gasteiger partial charge in [0.1, 0.15) is 0 Å². The van der Waals surface area contributed by atoms with E-state index >= 15 is 0 Å². The highest BCUT2D eigenvalue weighted by Gasteiger charge is 2.13. The second-order valence-electron chi connectivity index (χ2n) is 4.79. The van der Waals surface area contributed by atoms with Crippen LogP contribution in [0.2, 0.25) is 0 Å². The Morgan fingerprint density at radius 1 is 0.739 bits per heavy atom. The van der Waals surface area contributed by atoms with Gasteiger partial charge in [0, 0.05) is 9.79 Å². The van der Waals surface area contributed by atoms with Crippen LogP contribution in [0.3, 0.4) is 0 Å². The fraction of sp³-hybridized carbons (Fsp3) is 0. The van der Waals surface area contributed by atoms with Crippen molar-refractivity contribution in [2.45, 2.75) is 9.79 Å². The summed E-state index contributed by atoms with van der Waals surface area (Å²) >= 11 is 1.82. The van der Waals surface area contributed by atoms with Gasteiger partial charge in [0.2, 0.25) is 0 Å². The lowest BCUT2D eigenvalue weighted by Gasteiger charge is -2.19. The molecule has 5 heteroatoms. The van der Waals surface area contributed by atoms with Crippen molar-refractivity contribution in [1.82, 2.24) is 0 Å². The lowest BCUT2D eigenvalue weighted by Crippen LogP contribution is -1.98. The molecule has 0 fully saturated rings. The molecule has 3 aromatic rings. The second kappa shape index (κ2) is 7.47. The van der Waals surface area contributed by atoms with Gasteiger partial charge < -0.3 is 5.32 Å². The standard InChI is InChI=1S/C12H9NS.C6H6N2O/c1-3-7-11-9(5-1)13-10-6-2-4-8-12(10)14-11;9-8-7-6-4-2-1-3-5-6/h1-8,13H;1-5H,(H,7,9). The minimum Gasteiger partial charge on any atom is -0.354 e.